The third kappa shape index (κ3) is 3.72. The SMILES string of the molecule is Cc1nc(NCc2ccccc2Cl)c2nnn(Cc3ccccc3Cl)c2n1. The summed E-state index contributed by atoms with van der Waals surface area (Å²) >= 11 is 12.5. The van der Waals surface area contributed by atoms with Crippen LogP contribution in [0.25, 0.3) is 11.2 Å². The van der Waals surface area contributed by atoms with Crippen molar-refractivity contribution >= 4 is 40.2 Å². The van der Waals surface area contributed by atoms with Crippen molar-refractivity contribution in [3.8, 4) is 0 Å². The van der Waals surface area contributed by atoms with Gasteiger partial charge in [0.15, 0.2) is 17.0 Å². The molecule has 1 N–H and O–H groups in total. The monoisotopic (exact) mass is 398 g/mol. The first-order valence-electron chi connectivity index (χ1n) is 8.40. The summed E-state index contributed by atoms with van der Waals surface area (Å²) < 4.78 is 1.73. The quantitative estimate of drug-likeness (QED) is 0.535. The summed E-state index contributed by atoms with van der Waals surface area (Å²) in [5, 5.41) is 13.2. The van der Waals surface area contributed by atoms with Crippen molar-refractivity contribution in [2.24, 2.45) is 0 Å². The maximum atomic E-state index is 6.27. The number of aryl methyl sites for hydroxylation is 1. The van der Waals surface area contributed by atoms with E-state index in [9.17, 15) is 0 Å². The molecule has 0 aliphatic rings. The topological polar surface area (TPSA) is 68.5 Å². The molecule has 0 saturated heterocycles. The first-order chi connectivity index (χ1) is 13.1. The van der Waals surface area contributed by atoms with Crippen molar-refractivity contribution in [1.82, 2.24) is 25.0 Å². The predicted molar refractivity (Wildman–Crippen MR) is 107 cm³/mol. The van der Waals surface area contributed by atoms with E-state index in [1.807, 2.05) is 55.5 Å². The lowest BCUT2D eigenvalue weighted by atomic mass is 10.2. The van der Waals surface area contributed by atoms with E-state index in [1.165, 1.54) is 0 Å². The predicted octanol–water partition coefficient (Wildman–Crippen LogP) is 4.50. The van der Waals surface area contributed by atoms with Gasteiger partial charge in [0.2, 0.25) is 0 Å². The second-order valence-corrected chi connectivity index (χ2v) is 6.89. The number of hydrogen-bond donors (Lipinski definition) is 1. The molecule has 6 nitrogen and oxygen atoms in total. The maximum Gasteiger partial charge on any atom is 0.184 e. The third-order valence-electron chi connectivity index (χ3n) is 4.16. The molecule has 0 radical (unpaired) electrons. The number of nitrogens with zero attached hydrogens (tertiary/aromatic N) is 5. The molecule has 0 aliphatic carbocycles. The van der Waals surface area contributed by atoms with Crippen molar-refractivity contribution < 1.29 is 0 Å². The number of fused-ring (bicyclic) bond motifs is 1. The average Bonchev–Trinajstić information content (AvgIpc) is 3.05. The van der Waals surface area contributed by atoms with Crippen LogP contribution in [0.5, 0.6) is 0 Å². The zero-order valence-electron chi connectivity index (χ0n) is 14.5. The molecule has 0 spiro atoms. The first-order valence-corrected chi connectivity index (χ1v) is 9.16. The molecule has 0 fully saturated rings. The lowest BCUT2D eigenvalue weighted by Gasteiger charge is -2.09. The van der Waals surface area contributed by atoms with Crippen molar-refractivity contribution in [3.05, 3.63) is 75.5 Å². The lowest BCUT2D eigenvalue weighted by Crippen LogP contribution is -2.07. The molecule has 0 bridgehead atoms. The van der Waals surface area contributed by atoms with Gasteiger partial charge in [-0.15, -0.1) is 5.10 Å². The summed E-state index contributed by atoms with van der Waals surface area (Å²) in [7, 11) is 0. The molecule has 0 aliphatic heterocycles. The Balaban J connectivity index is 1.66. The van der Waals surface area contributed by atoms with E-state index < -0.39 is 0 Å². The van der Waals surface area contributed by atoms with E-state index in [-0.39, 0.29) is 0 Å². The second kappa shape index (κ2) is 7.50. The number of benzene rings is 2. The van der Waals surface area contributed by atoms with E-state index in [0.29, 0.717) is 45.9 Å². The van der Waals surface area contributed by atoms with E-state index in [0.717, 1.165) is 11.1 Å². The van der Waals surface area contributed by atoms with Gasteiger partial charge in [-0.1, -0.05) is 64.8 Å². The van der Waals surface area contributed by atoms with Crippen LogP contribution in [0.2, 0.25) is 10.0 Å². The van der Waals surface area contributed by atoms with Gasteiger partial charge in [-0.3, -0.25) is 0 Å². The van der Waals surface area contributed by atoms with Crippen LogP contribution in [-0.4, -0.2) is 25.0 Å². The molecule has 2 aromatic heterocycles. The van der Waals surface area contributed by atoms with Crippen LogP contribution in [-0.2, 0) is 13.1 Å². The van der Waals surface area contributed by atoms with E-state index in [1.54, 1.807) is 4.68 Å². The van der Waals surface area contributed by atoms with Gasteiger partial charge in [-0.2, -0.15) is 0 Å². The molecule has 8 heteroatoms. The summed E-state index contributed by atoms with van der Waals surface area (Å²) in [5.74, 6) is 1.26. The average molecular weight is 399 g/mol. The fourth-order valence-corrected chi connectivity index (χ4v) is 3.20. The van der Waals surface area contributed by atoms with Crippen molar-refractivity contribution in [2.75, 3.05) is 5.32 Å². The number of hydrogen-bond acceptors (Lipinski definition) is 5. The number of halogens is 2. The van der Waals surface area contributed by atoms with Crippen LogP contribution < -0.4 is 5.32 Å². The van der Waals surface area contributed by atoms with Gasteiger partial charge < -0.3 is 5.32 Å². The number of rotatable bonds is 5. The van der Waals surface area contributed by atoms with Crippen molar-refractivity contribution in [3.63, 3.8) is 0 Å². The molecule has 2 aromatic carbocycles. The van der Waals surface area contributed by atoms with Crippen molar-refractivity contribution in [2.45, 2.75) is 20.0 Å². The maximum absolute atomic E-state index is 6.27. The van der Waals surface area contributed by atoms with Gasteiger partial charge in [-0.25, -0.2) is 14.6 Å². The van der Waals surface area contributed by atoms with Crippen LogP contribution in [0.1, 0.15) is 17.0 Å². The molecule has 0 unspecified atom stereocenters. The van der Waals surface area contributed by atoms with E-state index in [2.05, 4.69) is 25.6 Å². The van der Waals surface area contributed by atoms with Gasteiger partial charge in [0.05, 0.1) is 6.54 Å². The molecule has 27 heavy (non-hydrogen) atoms. The normalized spacial score (nSPS) is 11.1. The molecule has 0 amide bonds. The number of aromatic nitrogens is 5. The third-order valence-corrected chi connectivity index (χ3v) is 4.89. The molecule has 0 saturated carbocycles. The summed E-state index contributed by atoms with van der Waals surface area (Å²) in [6.45, 7) is 2.85. The van der Waals surface area contributed by atoms with Crippen LogP contribution in [0.15, 0.2) is 48.5 Å². The highest BCUT2D eigenvalue weighted by Gasteiger charge is 2.14. The minimum absolute atomic E-state index is 0.483. The van der Waals surface area contributed by atoms with E-state index >= 15 is 0 Å². The molecule has 4 rings (SSSR count). The molecular formula is C19H16Cl2N6. The molecule has 4 aromatic rings. The largest absolute Gasteiger partial charge is 0.364 e. The second-order valence-electron chi connectivity index (χ2n) is 6.08. The minimum Gasteiger partial charge on any atom is -0.364 e. The van der Waals surface area contributed by atoms with Crippen LogP contribution >= 0.6 is 23.2 Å². The number of anilines is 1. The Kier molecular flexibility index (Phi) is 4.92. The zero-order valence-corrected chi connectivity index (χ0v) is 16.0. The first kappa shape index (κ1) is 17.7. The fourth-order valence-electron chi connectivity index (χ4n) is 2.80. The van der Waals surface area contributed by atoms with Crippen molar-refractivity contribution in [1.29, 1.82) is 0 Å². The highest BCUT2D eigenvalue weighted by molar-refractivity contribution is 6.31. The molecular weight excluding hydrogens is 383 g/mol. The Morgan fingerprint density at radius 3 is 2.30 bits per heavy atom. The Hall–Kier alpha value is -2.70. The Morgan fingerprint density at radius 2 is 1.59 bits per heavy atom. The number of nitrogens with one attached hydrogen (secondary N) is 1. The van der Waals surface area contributed by atoms with Crippen LogP contribution in [0.4, 0.5) is 5.82 Å². The van der Waals surface area contributed by atoms with Crippen LogP contribution in [0, 0.1) is 6.92 Å². The fraction of sp³-hybridized carbons (Fsp3) is 0.158. The standard InChI is InChI=1S/C19H16Cl2N6/c1-12-23-18(22-10-13-6-2-4-8-15(13)20)17-19(24-12)27(26-25-17)11-14-7-3-5-9-16(14)21/h2-9H,10-11H2,1H3,(H,22,23,24). The highest BCUT2D eigenvalue weighted by Crippen LogP contribution is 2.22. The van der Waals surface area contributed by atoms with Gasteiger partial charge in [-0.05, 0) is 30.2 Å². The summed E-state index contributed by atoms with van der Waals surface area (Å²) in [6.07, 6.45) is 0. The summed E-state index contributed by atoms with van der Waals surface area (Å²) in [6, 6.07) is 15.3. The molecule has 2 heterocycles. The van der Waals surface area contributed by atoms with Gasteiger partial charge in [0.25, 0.3) is 0 Å². The smallest absolute Gasteiger partial charge is 0.184 e. The van der Waals surface area contributed by atoms with Gasteiger partial charge in [0.1, 0.15) is 5.82 Å². The minimum atomic E-state index is 0.483. The van der Waals surface area contributed by atoms with Gasteiger partial charge in [0, 0.05) is 16.6 Å². The van der Waals surface area contributed by atoms with Crippen LogP contribution in [0.3, 0.4) is 0 Å². The van der Waals surface area contributed by atoms with Gasteiger partial charge >= 0.3 is 0 Å². The Bertz CT molecular complexity index is 1110. The zero-order chi connectivity index (χ0) is 18.8. The summed E-state index contributed by atoms with van der Waals surface area (Å²) in [4.78, 5) is 8.99. The van der Waals surface area contributed by atoms with E-state index in [4.69, 9.17) is 23.2 Å². The lowest BCUT2D eigenvalue weighted by molar-refractivity contribution is 0.663. The summed E-state index contributed by atoms with van der Waals surface area (Å²) in [5.41, 5.74) is 3.20. The molecule has 0 atom stereocenters. The molecule has 136 valence electrons. The Labute approximate surface area is 166 Å². The highest BCUT2D eigenvalue weighted by atomic mass is 35.5. The Morgan fingerprint density at radius 1 is 0.926 bits per heavy atom.